The Labute approximate surface area is 67.6 Å². The summed E-state index contributed by atoms with van der Waals surface area (Å²) in [7, 11) is 0. The molecule has 1 saturated carbocycles. The van der Waals surface area contributed by atoms with Crippen LogP contribution in [0.2, 0.25) is 0 Å². The van der Waals surface area contributed by atoms with Crippen molar-refractivity contribution in [1.29, 1.82) is 0 Å². The van der Waals surface area contributed by atoms with Crippen LogP contribution in [0.3, 0.4) is 0 Å². The van der Waals surface area contributed by atoms with Crippen LogP contribution in [0.5, 0.6) is 0 Å². The first kappa shape index (κ1) is 8.98. The largest absolute Gasteiger partial charge is 0.393 e. The summed E-state index contributed by atoms with van der Waals surface area (Å²) < 4.78 is 13.2. The maximum absolute atomic E-state index is 13.2. The SMILES string of the molecule is CC(C)(C)C1CC(F)(CO)C1. The van der Waals surface area contributed by atoms with Crippen LogP contribution in [0.15, 0.2) is 0 Å². The van der Waals surface area contributed by atoms with Crippen LogP contribution in [-0.2, 0) is 0 Å². The van der Waals surface area contributed by atoms with Crippen LogP contribution < -0.4 is 0 Å². The van der Waals surface area contributed by atoms with Gasteiger partial charge in [0.05, 0.1) is 6.61 Å². The van der Waals surface area contributed by atoms with E-state index in [-0.39, 0.29) is 12.0 Å². The molecule has 0 unspecified atom stereocenters. The summed E-state index contributed by atoms with van der Waals surface area (Å²) >= 11 is 0. The van der Waals surface area contributed by atoms with E-state index in [0.717, 1.165) is 0 Å². The Hall–Kier alpha value is -0.110. The second kappa shape index (κ2) is 2.44. The Morgan fingerprint density at radius 3 is 2.18 bits per heavy atom. The van der Waals surface area contributed by atoms with Crippen LogP contribution in [-0.4, -0.2) is 17.4 Å². The maximum atomic E-state index is 13.2. The summed E-state index contributed by atoms with van der Waals surface area (Å²) in [5, 5.41) is 8.65. The first-order valence-electron chi connectivity index (χ1n) is 4.17. The molecule has 2 heteroatoms. The number of hydrogen-bond donors (Lipinski definition) is 1. The Bertz CT molecular complexity index is 142. The number of halogens is 1. The van der Waals surface area contributed by atoms with E-state index in [1.165, 1.54) is 0 Å². The van der Waals surface area contributed by atoms with Crippen LogP contribution in [0.1, 0.15) is 33.6 Å². The topological polar surface area (TPSA) is 20.2 Å². The first-order valence-corrected chi connectivity index (χ1v) is 4.17. The molecule has 1 fully saturated rings. The molecular formula is C9H17FO. The van der Waals surface area contributed by atoms with E-state index in [1.807, 2.05) is 0 Å². The maximum Gasteiger partial charge on any atom is 0.134 e. The van der Waals surface area contributed by atoms with Crippen LogP contribution in [0.25, 0.3) is 0 Å². The summed E-state index contributed by atoms with van der Waals surface area (Å²) in [6.45, 7) is 6.05. The van der Waals surface area contributed by atoms with Gasteiger partial charge in [0.15, 0.2) is 0 Å². The molecule has 66 valence electrons. The monoisotopic (exact) mass is 160 g/mol. The van der Waals surface area contributed by atoms with Crippen LogP contribution >= 0.6 is 0 Å². The lowest BCUT2D eigenvalue weighted by Gasteiger charge is -2.47. The molecule has 0 amide bonds. The van der Waals surface area contributed by atoms with Gasteiger partial charge in [-0.05, 0) is 24.2 Å². The molecule has 1 rings (SSSR count). The molecular weight excluding hydrogens is 143 g/mol. The molecule has 0 aromatic rings. The lowest BCUT2D eigenvalue weighted by molar-refractivity contribution is -0.0753. The highest BCUT2D eigenvalue weighted by molar-refractivity contribution is 4.98. The number of hydrogen-bond acceptors (Lipinski definition) is 1. The van der Waals surface area contributed by atoms with E-state index < -0.39 is 5.67 Å². The van der Waals surface area contributed by atoms with E-state index in [1.54, 1.807) is 0 Å². The van der Waals surface area contributed by atoms with Crippen molar-refractivity contribution in [2.75, 3.05) is 6.61 Å². The minimum absolute atomic E-state index is 0.199. The lowest BCUT2D eigenvalue weighted by Crippen LogP contribution is -2.47. The summed E-state index contributed by atoms with van der Waals surface area (Å²) in [5.74, 6) is 0.444. The fourth-order valence-electron chi connectivity index (χ4n) is 1.56. The van der Waals surface area contributed by atoms with Gasteiger partial charge in [-0.2, -0.15) is 0 Å². The van der Waals surface area contributed by atoms with Gasteiger partial charge in [0.2, 0.25) is 0 Å². The Balaban J connectivity index is 2.40. The number of aliphatic hydroxyl groups is 1. The van der Waals surface area contributed by atoms with Crippen molar-refractivity contribution in [2.45, 2.75) is 39.3 Å². The van der Waals surface area contributed by atoms with E-state index in [4.69, 9.17) is 5.11 Å². The molecule has 0 bridgehead atoms. The molecule has 0 heterocycles. The second-order valence-corrected chi connectivity index (χ2v) is 4.78. The third-order valence-electron chi connectivity index (χ3n) is 2.73. The highest BCUT2D eigenvalue weighted by Crippen LogP contribution is 2.49. The molecule has 0 spiro atoms. The van der Waals surface area contributed by atoms with Gasteiger partial charge in [0, 0.05) is 0 Å². The van der Waals surface area contributed by atoms with Gasteiger partial charge in [-0.25, -0.2) is 4.39 Å². The normalized spacial score (nSPS) is 38.5. The van der Waals surface area contributed by atoms with E-state index in [0.29, 0.717) is 18.8 Å². The van der Waals surface area contributed by atoms with Crippen molar-refractivity contribution >= 4 is 0 Å². The molecule has 0 radical (unpaired) electrons. The van der Waals surface area contributed by atoms with E-state index >= 15 is 0 Å². The van der Waals surface area contributed by atoms with Gasteiger partial charge in [-0.15, -0.1) is 0 Å². The number of rotatable bonds is 1. The van der Waals surface area contributed by atoms with Gasteiger partial charge in [0.1, 0.15) is 5.67 Å². The predicted octanol–water partition coefficient (Wildman–Crippen LogP) is 2.14. The zero-order valence-electron chi connectivity index (χ0n) is 7.52. The molecule has 0 aromatic heterocycles. The molecule has 1 aliphatic carbocycles. The van der Waals surface area contributed by atoms with Crippen LogP contribution in [0, 0.1) is 11.3 Å². The number of aliphatic hydroxyl groups excluding tert-OH is 1. The fraction of sp³-hybridized carbons (Fsp3) is 1.00. The van der Waals surface area contributed by atoms with Gasteiger partial charge in [0.25, 0.3) is 0 Å². The Morgan fingerprint density at radius 2 is 1.91 bits per heavy atom. The molecule has 1 nitrogen and oxygen atoms in total. The molecule has 0 aliphatic heterocycles. The third kappa shape index (κ3) is 1.73. The standard InChI is InChI=1S/C9H17FO/c1-8(2,3)7-4-9(10,5-7)6-11/h7,11H,4-6H2,1-3H3. The molecule has 11 heavy (non-hydrogen) atoms. The summed E-state index contributed by atoms with van der Waals surface area (Å²) in [6.07, 6.45) is 1.07. The molecule has 1 N–H and O–H groups in total. The van der Waals surface area contributed by atoms with Crippen molar-refractivity contribution in [3.63, 3.8) is 0 Å². The average molecular weight is 160 g/mol. The summed E-state index contributed by atoms with van der Waals surface area (Å²) in [5.41, 5.74) is -1.05. The molecule has 0 saturated heterocycles. The van der Waals surface area contributed by atoms with Crippen LogP contribution in [0.4, 0.5) is 4.39 Å². The second-order valence-electron chi connectivity index (χ2n) is 4.78. The smallest absolute Gasteiger partial charge is 0.134 e. The Morgan fingerprint density at radius 1 is 1.45 bits per heavy atom. The van der Waals surface area contributed by atoms with Gasteiger partial charge in [-0.1, -0.05) is 20.8 Å². The zero-order valence-corrected chi connectivity index (χ0v) is 7.52. The quantitative estimate of drug-likeness (QED) is 0.623. The average Bonchev–Trinajstić information content (AvgIpc) is 1.78. The fourth-order valence-corrected chi connectivity index (χ4v) is 1.56. The number of alkyl halides is 1. The van der Waals surface area contributed by atoms with E-state index in [9.17, 15) is 4.39 Å². The zero-order chi connectivity index (χ0) is 8.70. The van der Waals surface area contributed by atoms with Crippen molar-refractivity contribution in [1.82, 2.24) is 0 Å². The van der Waals surface area contributed by atoms with Gasteiger partial charge in [-0.3, -0.25) is 0 Å². The Kier molecular flexibility index (Phi) is 1.99. The molecule has 0 atom stereocenters. The van der Waals surface area contributed by atoms with E-state index in [2.05, 4.69) is 20.8 Å². The van der Waals surface area contributed by atoms with Crippen molar-refractivity contribution in [2.24, 2.45) is 11.3 Å². The highest BCUT2D eigenvalue weighted by atomic mass is 19.1. The van der Waals surface area contributed by atoms with Gasteiger partial charge >= 0.3 is 0 Å². The van der Waals surface area contributed by atoms with Crippen molar-refractivity contribution in [3.8, 4) is 0 Å². The predicted molar refractivity (Wildman–Crippen MR) is 43.1 cm³/mol. The first-order chi connectivity index (χ1) is 4.87. The summed E-state index contributed by atoms with van der Waals surface area (Å²) in [4.78, 5) is 0. The lowest BCUT2D eigenvalue weighted by atomic mass is 9.62. The van der Waals surface area contributed by atoms with Crippen molar-refractivity contribution in [3.05, 3.63) is 0 Å². The third-order valence-corrected chi connectivity index (χ3v) is 2.73. The minimum Gasteiger partial charge on any atom is -0.393 e. The summed E-state index contributed by atoms with van der Waals surface area (Å²) in [6, 6.07) is 0. The van der Waals surface area contributed by atoms with Gasteiger partial charge < -0.3 is 5.11 Å². The molecule has 0 aromatic carbocycles. The van der Waals surface area contributed by atoms with Crippen molar-refractivity contribution < 1.29 is 9.50 Å². The highest BCUT2D eigenvalue weighted by Gasteiger charge is 2.48. The minimum atomic E-state index is -1.25. The molecule has 1 aliphatic rings.